The minimum atomic E-state index is -0.477. The van der Waals surface area contributed by atoms with Crippen molar-refractivity contribution in [1.29, 1.82) is 5.26 Å². The summed E-state index contributed by atoms with van der Waals surface area (Å²) in [5.41, 5.74) is 0.497. The third-order valence-corrected chi connectivity index (χ3v) is 4.34. The molecule has 0 heterocycles. The van der Waals surface area contributed by atoms with Gasteiger partial charge >= 0.3 is 0 Å². The fraction of sp³-hybridized carbons (Fsp3) is 0.474. The number of hydrogen-bond acceptors (Lipinski definition) is 5. The molecule has 1 saturated carbocycles. The average Bonchev–Trinajstić information content (AvgIpc) is 2.91. The van der Waals surface area contributed by atoms with Crippen LogP contribution >= 0.6 is 0 Å². The van der Waals surface area contributed by atoms with E-state index in [1.165, 1.54) is 39.0 Å². The van der Waals surface area contributed by atoms with E-state index >= 15 is 0 Å². The van der Waals surface area contributed by atoms with E-state index in [4.69, 9.17) is 9.47 Å². The second-order valence-electron chi connectivity index (χ2n) is 6.05. The molecule has 0 saturated heterocycles. The Morgan fingerprint density at radius 2 is 1.92 bits per heavy atom. The van der Waals surface area contributed by atoms with E-state index in [2.05, 4.69) is 10.6 Å². The number of nitrogens with one attached hydrogen (secondary N) is 2. The molecular weight excluding hydrogens is 318 g/mol. The van der Waals surface area contributed by atoms with Gasteiger partial charge in [-0.1, -0.05) is 25.7 Å². The predicted molar refractivity (Wildman–Crippen MR) is 96.5 cm³/mol. The maximum absolute atomic E-state index is 12.4. The van der Waals surface area contributed by atoms with E-state index in [0.29, 0.717) is 23.2 Å². The van der Waals surface area contributed by atoms with Crippen molar-refractivity contribution in [3.63, 3.8) is 0 Å². The maximum Gasteiger partial charge on any atom is 0.267 e. The van der Waals surface area contributed by atoms with E-state index in [0.717, 1.165) is 12.8 Å². The molecule has 2 rings (SSSR count). The number of ether oxygens (including phenoxy) is 2. The molecule has 6 heteroatoms. The average molecular weight is 343 g/mol. The van der Waals surface area contributed by atoms with Gasteiger partial charge in [-0.3, -0.25) is 4.79 Å². The van der Waals surface area contributed by atoms with Crippen LogP contribution in [0, 0.1) is 11.3 Å². The van der Waals surface area contributed by atoms with Crippen LogP contribution in [0.15, 0.2) is 30.0 Å². The number of carbonyl (C=O) groups excluding carboxylic acids is 1. The van der Waals surface area contributed by atoms with Crippen LogP contribution in [0.5, 0.6) is 11.5 Å². The first-order chi connectivity index (χ1) is 12.2. The third-order valence-electron chi connectivity index (χ3n) is 4.34. The molecule has 6 nitrogen and oxygen atoms in total. The molecule has 0 spiro atoms. The standard InChI is InChI=1S/C19H25N3O3/c1-24-16-9-10-18(25-2)17(11-16)22-19(23)14(12-20)13-21-15-7-5-3-4-6-8-15/h9-11,13,15,21H,3-8H2,1-2H3,(H,22,23)/b14-13-. The number of carbonyl (C=O) groups is 1. The Morgan fingerprint density at radius 1 is 1.20 bits per heavy atom. The van der Waals surface area contributed by atoms with E-state index in [9.17, 15) is 10.1 Å². The first-order valence-corrected chi connectivity index (χ1v) is 8.57. The summed E-state index contributed by atoms with van der Waals surface area (Å²) in [6.07, 6.45) is 8.53. The Hall–Kier alpha value is -2.68. The van der Waals surface area contributed by atoms with Gasteiger partial charge in [-0.15, -0.1) is 0 Å². The quantitative estimate of drug-likeness (QED) is 0.470. The molecule has 1 amide bonds. The molecule has 1 aromatic rings. The molecule has 1 fully saturated rings. The first-order valence-electron chi connectivity index (χ1n) is 8.57. The fourth-order valence-electron chi connectivity index (χ4n) is 2.90. The molecule has 0 bridgehead atoms. The molecule has 2 N–H and O–H groups in total. The van der Waals surface area contributed by atoms with Crippen molar-refractivity contribution >= 4 is 11.6 Å². The van der Waals surface area contributed by atoms with Crippen LogP contribution in [0.2, 0.25) is 0 Å². The van der Waals surface area contributed by atoms with Crippen molar-refractivity contribution in [2.75, 3.05) is 19.5 Å². The lowest BCUT2D eigenvalue weighted by Gasteiger charge is -2.15. The van der Waals surface area contributed by atoms with Gasteiger partial charge in [0.1, 0.15) is 23.1 Å². The molecule has 1 aromatic carbocycles. The van der Waals surface area contributed by atoms with Crippen molar-refractivity contribution in [2.45, 2.75) is 44.6 Å². The van der Waals surface area contributed by atoms with Crippen molar-refractivity contribution in [1.82, 2.24) is 5.32 Å². The predicted octanol–water partition coefficient (Wildman–Crippen LogP) is 3.36. The van der Waals surface area contributed by atoms with Gasteiger partial charge in [0.15, 0.2) is 0 Å². The zero-order valence-electron chi connectivity index (χ0n) is 14.8. The Morgan fingerprint density at radius 3 is 2.52 bits per heavy atom. The minimum Gasteiger partial charge on any atom is -0.497 e. The van der Waals surface area contributed by atoms with Crippen molar-refractivity contribution < 1.29 is 14.3 Å². The van der Waals surface area contributed by atoms with Gasteiger partial charge in [0.25, 0.3) is 5.91 Å². The number of nitriles is 1. The molecule has 0 atom stereocenters. The SMILES string of the molecule is COc1ccc(OC)c(NC(=O)/C(C#N)=C\NC2CCCCCC2)c1. The topological polar surface area (TPSA) is 83.4 Å². The van der Waals surface area contributed by atoms with Gasteiger partial charge in [-0.25, -0.2) is 0 Å². The molecule has 0 radical (unpaired) electrons. The lowest BCUT2D eigenvalue weighted by Crippen LogP contribution is -2.25. The molecule has 0 aromatic heterocycles. The van der Waals surface area contributed by atoms with Gasteiger partial charge in [-0.05, 0) is 25.0 Å². The summed E-state index contributed by atoms with van der Waals surface area (Å²) in [5, 5.41) is 15.3. The van der Waals surface area contributed by atoms with E-state index in [1.54, 1.807) is 25.3 Å². The molecule has 134 valence electrons. The summed E-state index contributed by atoms with van der Waals surface area (Å²) in [7, 11) is 3.07. The van der Waals surface area contributed by atoms with Crippen LogP contribution < -0.4 is 20.1 Å². The lowest BCUT2D eigenvalue weighted by atomic mass is 10.1. The molecule has 1 aliphatic carbocycles. The van der Waals surface area contributed by atoms with Crippen LogP contribution in [0.1, 0.15) is 38.5 Å². The highest BCUT2D eigenvalue weighted by Crippen LogP contribution is 2.29. The number of hydrogen-bond donors (Lipinski definition) is 2. The highest BCUT2D eigenvalue weighted by atomic mass is 16.5. The summed E-state index contributed by atoms with van der Waals surface area (Å²) in [6, 6.07) is 7.38. The highest BCUT2D eigenvalue weighted by molar-refractivity contribution is 6.07. The van der Waals surface area contributed by atoms with Gasteiger partial charge in [-0.2, -0.15) is 5.26 Å². The van der Waals surface area contributed by atoms with Crippen LogP contribution in [0.3, 0.4) is 0 Å². The number of rotatable bonds is 6. The summed E-state index contributed by atoms with van der Waals surface area (Å²) in [4.78, 5) is 12.4. The van der Waals surface area contributed by atoms with Crippen LogP contribution in [0.25, 0.3) is 0 Å². The van der Waals surface area contributed by atoms with E-state index in [1.807, 2.05) is 6.07 Å². The second-order valence-corrected chi connectivity index (χ2v) is 6.05. The van der Waals surface area contributed by atoms with Crippen molar-refractivity contribution in [2.24, 2.45) is 0 Å². The fourth-order valence-corrected chi connectivity index (χ4v) is 2.90. The van der Waals surface area contributed by atoms with Crippen LogP contribution in [-0.4, -0.2) is 26.2 Å². The summed E-state index contributed by atoms with van der Waals surface area (Å²) in [5.74, 6) is 0.619. The normalized spacial score (nSPS) is 15.6. The van der Waals surface area contributed by atoms with Gasteiger partial charge in [0.2, 0.25) is 0 Å². The smallest absolute Gasteiger partial charge is 0.267 e. The summed E-state index contributed by atoms with van der Waals surface area (Å²) < 4.78 is 10.4. The molecular formula is C19H25N3O3. The molecule has 0 aliphatic heterocycles. The largest absolute Gasteiger partial charge is 0.497 e. The van der Waals surface area contributed by atoms with E-state index < -0.39 is 5.91 Å². The molecule has 0 unspecified atom stereocenters. The second kappa shape index (κ2) is 9.58. The van der Waals surface area contributed by atoms with Gasteiger partial charge in [0, 0.05) is 18.3 Å². The zero-order chi connectivity index (χ0) is 18.1. The first kappa shape index (κ1) is 18.7. The van der Waals surface area contributed by atoms with Gasteiger partial charge < -0.3 is 20.1 Å². The number of benzene rings is 1. The zero-order valence-corrected chi connectivity index (χ0v) is 14.8. The Balaban J connectivity index is 2.06. The summed E-state index contributed by atoms with van der Waals surface area (Å²) >= 11 is 0. The van der Waals surface area contributed by atoms with Crippen molar-refractivity contribution in [3.8, 4) is 17.6 Å². The third kappa shape index (κ3) is 5.42. The Labute approximate surface area is 148 Å². The minimum absolute atomic E-state index is 0.0362. The Bertz CT molecular complexity index is 656. The molecule has 1 aliphatic rings. The maximum atomic E-state index is 12.4. The van der Waals surface area contributed by atoms with Crippen LogP contribution in [-0.2, 0) is 4.79 Å². The monoisotopic (exact) mass is 343 g/mol. The highest BCUT2D eigenvalue weighted by Gasteiger charge is 2.15. The van der Waals surface area contributed by atoms with Gasteiger partial charge in [0.05, 0.1) is 19.9 Å². The lowest BCUT2D eigenvalue weighted by molar-refractivity contribution is -0.112. The Kier molecular flexibility index (Phi) is 7.15. The number of nitrogens with zero attached hydrogens (tertiary/aromatic N) is 1. The van der Waals surface area contributed by atoms with E-state index in [-0.39, 0.29) is 5.57 Å². The van der Waals surface area contributed by atoms with Crippen LogP contribution in [0.4, 0.5) is 5.69 Å². The summed E-state index contributed by atoms with van der Waals surface area (Å²) in [6.45, 7) is 0. The molecule has 25 heavy (non-hydrogen) atoms. The number of anilines is 1. The number of methoxy groups -OCH3 is 2. The number of amides is 1. The van der Waals surface area contributed by atoms with Crippen molar-refractivity contribution in [3.05, 3.63) is 30.0 Å².